The van der Waals surface area contributed by atoms with E-state index in [0.717, 1.165) is 5.56 Å². The summed E-state index contributed by atoms with van der Waals surface area (Å²) in [5, 5.41) is 11.3. The zero-order chi connectivity index (χ0) is 26.7. The van der Waals surface area contributed by atoms with Crippen molar-refractivity contribution in [2.45, 2.75) is 39.6 Å². The lowest BCUT2D eigenvalue weighted by molar-refractivity contribution is 0.0762. The third-order valence-electron chi connectivity index (χ3n) is 5.40. The Kier molecular flexibility index (Phi) is 8.07. The lowest BCUT2D eigenvalue weighted by Crippen LogP contribution is -2.43. The summed E-state index contributed by atoms with van der Waals surface area (Å²) in [5.41, 5.74) is 7.79. The number of amides is 1. The molecule has 36 heavy (non-hydrogen) atoms. The predicted molar refractivity (Wildman–Crippen MR) is 132 cm³/mol. The molecule has 0 fully saturated rings. The molecule has 14 heteroatoms. The second kappa shape index (κ2) is 10.7. The van der Waals surface area contributed by atoms with Crippen LogP contribution in [0.1, 0.15) is 31.9 Å². The number of rotatable bonds is 10. The van der Waals surface area contributed by atoms with Crippen molar-refractivity contribution < 1.29 is 33.4 Å². The molecule has 0 bridgehead atoms. The number of anilines is 1. The van der Waals surface area contributed by atoms with Crippen molar-refractivity contribution >= 4 is 30.7 Å². The first-order valence-electron chi connectivity index (χ1n) is 11.0. The number of nitrogens with one attached hydrogen (secondary N) is 1. The van der Waals surface area contributed by atoms with Crippen molar-refractivity contribution in [3.05, 3.63) is 35.4 Å². The molecule has 2 heterocycles. The number of carbonyl (C=O) groups is 1. The molecule has 196 valence electrons. The normalized spacial score (nSPS) is 14.3. The quantitative estimate of drug-likeness (QED) is 0.287. The molecule has 3 rings (SSSR count). The second-order valence-corrected chi connectivity index (χ2v) is 11.2. The number of ether oxygens (including phenoxy) is 2. The van der Waals surface area contributed by atoms with Crippen LogP contribution in [0.5, 0.6) is 12.0 Å². The Labute approximate surface area is 208 Å². The summed E-state index contributed by atoms with van der Waals surface area (Å²) < 4.78 is 29.8. The van der Waals surface area contributed by atoms with E-state index in [1.165, 1.54) is 14.2 Å². The average Bonchev–Trinajstić information content (AvgIpc) is 3.13. The predicted octanol–water partition coefficient (Wildman–Crippen LogP) is 2.86. The Morgan fingerprint density at radius 2 is 1.92 bits per heavy atom. The molecule has 5 N–H and O–H groups in total. The number of nitrogens with zero attached hydrogens (tertiary/aromatic N) is 4. The van der Waals surface area contributed by atoms with E-state index in [-0.39, 0.29) is 37.1 Å². The van der Waals surface area contributed by atoms with Crippen LogP contribution in [0, 0.1) is 5.41 Å². The van der Waals surface area contributed by atoms with Gasteiger partial charge in [0.25, 0.3) is 6.01 Å². The van der Waals surface area contributed by atoms with E-state index in [9.17, 15) is 14.3 Å². The Balaban J connectivity index is 1.99. The largest absolute Gasteiger partial charge is 0.468 e. The van der Waals surface area contributed by atoms with Gasteiger partial charge in [-0.05, 0) is 11.1 Å². The van der Waals surface area contributed by atoms with Gasteiger partial charge in [-0.3, -0.25) is 9.13 Å². The van der Waals surface area contributed by atoms with E-state index in [1.807, 2.05) is 26.8 Å². The van der Waals surface area contributed by atoms with E-state index in [2.05, 4.69) is 24.8 Å². The fraction of sp³-hybridized carbons (Fsp3) is 0.455. The third-order valence-corrected chi connectivity index (χ3v) is 6.74. The zero-order valence-electron chi connectivity index (χ0n) is 20.8. The number of fused-ring (bicyclic) bond motifs is 1. The number of carboxylic acid groups (broad SMARTS) is 1. The number of nitrogens with two attached hydrogens (primary N) is 1. The van der Waals surface area contributed by atoms with Gasteiger partial charge in [0.2, 0.25) is 0 Å². The summed E-state index contributed by atoms with van der Waals surface area (Å²) >= 11 is 0. The Hall–Kier alpha value is -3.41. The van der Waals surface area contributed by atoms with Crippen molar-refractivity contribution in [2.75, 3.05) is 26.5 Å². The molecule has 2 unspecified atom stereocenters. The van der Waals surface area contributed by atoms with Crippen molar-refractivity contribution in [2.24, 2.45) is 5.41 Å². The molecular formula is C22H31N6O7P. The SMILES string of the molecule is COc1nc2c(N)nc(OC(CNC(=O)O)C(C)(C)C)nc2n1Cc1cccc(CP(=O)(O)OC)c1. The summed E-state index contributed by atoms with van der Waals surface area (Å²) in [6, 6.07) is 7.33. The molecule has 0 radical (unpaired) electrons. The molecule has 0 saturated heterocycles. The Bertz CT molecular complexity index is 1290. The third kappa shape index (κ3) is 6.62. The molecular weight excluding hydrogens is 491 g/mol. The molecule has 0 spiro atoms. The molecule has 13 nitrogen and oxygen atoms in total. The fourth-order valence-electron chi connectivity index (χ4n) is 3.47. The summed E-state index contributed by atoms with van der Waals surface area (Å²) in [6.45, 7) is 5.98. The maximum atomic E-state index is 12.0. The van der Waals surface area contributed by atoms with Gasteiger partial charge in [-0.15, -0.1) is 0 Å². The number of methoxy groups -OCH3 is 1. The first-order valence-corrected chi connectivity index (χ1v) is 12.8. The summed E-state index contributed by atoms with van der Waals surface area (Å²) in [7, 11) is -1.08. The molecule has 3 aromatic rings. The summed E-state index contributed by atoms with van der Waals surface area (Å²) in [5.74, 6) is 0.0703. The Morgan fingerprint density at radius 1 is 1.22 bits per heavy atom. The van der Waals surface area contributed by atoms with Gasteiger partial charge in [0.1, 0.15) is 6.10 Å². The van der Waals surface area contributed by atoms with Gasteiger partial charge in [0, 0.05) is 12.5 Å². The standard InChI is InChI=1S/C22H31N6O7P/c1-22(2,3)15(10-24-21(29)30)35-19-26-17(23)16-18(27-19)28(20(25-16)33-4)11-13-7-6-8-14(9-13)12-36(31,32)34-5/h6-9,15,24H,10-12H2,1-5H3,(H,29,30)(H,31,32)(H2,23,26,27). The molecule has 2 aromatic heterocycles. The van der Waals surface area contributed by atoms with E-state index in [1.54, 1.807) is 22.8 Å². The highest BCUT2D eigenvalue weighted by Gasteiger charge is 2.29. The van der Waals surface area contributed by atoms with Crippen LogP contribution >= 0.6 is 7.60 Å². The topological polar surface area (TPSA) is 184 Å². The molecule has 0 aliphatic heterocycles. The minimum Gasteiger partial charge on any atom is -0.468 e. The average molecular weight is 522 g/mol. The van der Waals surface area contributed by atoms with Gasteiger partial charge in [0.15, 0.2) is 17.0 Å². The number of hydrogen-bond donors (Lipinski definition) is 4. The minimum absolute atomic E-state index is 0.0195. The first kappa shape index (κ1) is 27.2. The van der Waals surface area contributed by atoms with Crippen LogP contribution < -0.4 is 20.5 Å². The first-order chi connectivity index (χ1) is 16.8. The van der Waals surface area contributed by atoms with Crippen LogP contribution in [0.15, 0.2) is 24.3 Å². The maximum absolute atomic E-state index is 12.0. The van der Waals surface area contributed by atoms with Gasteiger partial charge < -0.3 is 35.0 Å². The van der Waals surface area contributed by atoms with E-state index in [4.69, 9.17) is 20.3 Å². The van der Waals surface area contributed by atoms with Crippen molar-refractivity contribution in [3.8, 4) is 12.0 Å². The van der Waals surface area contributed by atoms with Crippen molar-refractivity contribution in [3.63, 3.8) is 0 Å². The molecule has 0 saturated carbocycles. The monoisotopic (exact) mass is 522 g/mol. The van der Waals surface area contributed by atoms with Gasteiger partial charge in [-0.2, -0.15) is 15.0 Å². The van der Waals surface area contributed by atoms with E-state index in [0.29, 0.717) is 16.7 Å². The lowest BCUT2D eigenvalue weighted by Gasteiger charge is -2.30. The number of nitrogen functional groups attached to an aromatic ring is 1. The molecule has 1 amide bonds. The van der Waals surface area contributed by atoms with Crippen LogP contribution in [0.25, 0.3) is 11.2 Å². The van der Waals surface area contributed by atoms with Gasteiger partial charge in [-0.25, -0.2) is 4.79 Å². The molecule has 1 aromatic carbocycles. The van der Waals surface area contributed by atoms with Gasteiger partial charge >= 0.3 is 19.7 Å². The Morgan fingerprint density at radius 3 is 2.53 bits per heavy atom. The number of hydrogen-bond acceptors (Lipinski definition) is 9. The fourth-order valence-corrected chi connectivity index (χ4v) is 4.26. The van der Waals surface area contributed by atoms with Gasteiger partial charge in [-0.1, -0.05) is 45.0 Å². The summed E-state index contributed by atoms with van der Waals surface area (Å²) in [6.07, 6.45) is -1.89. The van der Waals surface area contributed by atoms with Crippen LogP contribution in [-0.2, 0) is 21.8 Å². The second-order valence-electron chi connectivity index (χ2n) is 9.20. The minimum atomic E-state index is -3.73. The maximum Gasteiger partial charge on any atom is 0.404 e. The van der Waals surface area contributed by atoms with Crippen molar-refractivity contribution in [1.82, 2.24) is 24.8 Å². The molecule has 2 atom stereocenters. The molecule has 0 aliphatic carbocycles. The van der Waals surface area contributed by atoms with Crippen LogP contribution in [-0.4, -0.2) is 62.5 Å². The summed E-state index contributed by atoms with van der Waals surface area (Å²) in [4.78, 5) is 33.9. The van der Waals surface area contributed by atoms with Crippen LogP contribution in [0.3, 0.4) is 0 Å². The number of benzene rings is 1. The van der Waals surface area contributed by atoms with E-state index >= 15 is 0 Å². The van der Waals surface area contributed by atoms with Crippen molar-refractivity contribution in [1.29, 1.82) is 0 Å². The highest BCUT2D eigenvalue weighted by Crippen LogP contribution is 2.44. The highest BCUT2D eigenvalue weighted by atomic mass is 31.2. The number of imidazole rings is 1. The van der Waals surface area contributed by atoms with Crippen LogP contribution in [0.2, 0.25) is 0 Å². The highest BCUT2D eigenvalue weighted by molar-refractivity contribution is 7.51. The lowest BCUT2D eigenvalue weighted by atomic mass is 9.89. The van der Waals surface area contributed by atoms with Crippen LogP contribution in [0.4, 0.5) is 10.6 Å². The smallest absolute Gasteiger partial charge is 0.404 e. The van der Waals surface area contributed by atoms with E-state index < -0.39 is 25.2 Å². The number of aromatic nitrogens is 4. The molecule has 0 aliphatic rings. The van der Waals surface area contributed by atoms with Gasteiger partial charge in [0.05, 0.1) is 26.4 Å². The zero-order valence-corrected chi connectivity index (χ0v) is 21.7.